The number of H-pyrrole nitrogens is 1. The number of carboxylic acid groups (broad SMARTS) is 1. The molecule has 0 radical (unpaired) electrons. The first-order valence-electron chi connectivity index (χ1n) is 13.8. The minimum Gasteiger partial charge on any atom is -0.480 e. The summed E-state index contributed by atoms with van der Waals surface area (Å²) < 4.78 is 0. The third kappa shape index (κ3) is 8.79. The lowest BCUT2D eigenvalue weighted by Gasteiger charge is -2.26. The van der Waals surface area contributed by atoms with Gasteiger partial charge >= 0.3 is 5.97 Å². The first kappa shape index (κ1) is 30.1. The third-order valence-corrected chi connectivity index (χ3v) is 7.01. The van der Waals surface area contributed by atoms with Gasteiger partial charge in [-0.3, -0.25) is 14.4 Å². The lowest BCUT2D eigenvalue weighted by molar-refractivity contribution is -0.142. The van der Waals surface area contributed by atoms with Crippen molar-refractivity contribution in [1.29, 1.82) is 0 Å². The van der Waals surface area contributed by atoms with Gasteiger partial charge in [-0.2, -0.15) is 0 Å². The van der Waals surface area contributed by atoms with Crippen LogP contribution in [-0.4, -0.2) is 71.0 Å². The van der Waals surface area contributed by atoms with Crippen molar-refractivity contribution in [3.63, 3.8) is 0 Å². The Morgan fingerprint density at radius 3 is 2.41 bits per heavy atom. The summed E-state index contributed by atoms with van der Waals surface area (Å²) in [5.74, 6) is -2.34. The van der Waals surface area contributed by atoms with E-state index in [1.807, 2.05) is 38.1 Å². The highest BCUT2D eigenvalue weighted by atomic mass is 16.4. The number of aliphatic carboxylic acids is 1. The molecule has 3 rings (SSSR count). The summed E-state index contributed by atoms with van der Waals surface area (Å²) in [5, 5.41) is 22.1. The average Bonchev–Trinajstić information content (AvgIpc) is 3.58. The zero-order valence-electron chi connectivity index (χ0n) is 22.8. The van der Waals surface area contributed by atoms with Crippen LogP contribution in [0.2, 0.25) is 0 Å². The smallest absolute Gasteiger partial charge is 0.326 e. The van der Waals surface area contributed by atoms with Crippen LogP contribution in [-0.2, 0) is 25.6 Å². The van der Waals surface area contributed by atoms with Crippen LogP contribution in [0, 0.1) is 5.92 Å². The van der Waals surface area contributed by atoms with Crippen LogP contribution in [0.4, 0.5) is 0 Å². The number of carbonyl (C=O) groups is 4. The first-order chi connectivity index (χ1) is 18.7. The molecular weight excluding hydrogens is 500 g/mol. The zero-order valence-corrected chi connectivity index (χ0v) is 22.8. The second-order valence-electron chi connectivity index (χ2n) is 10.6. The maximum absolute atomic E-state index is 13.3. The molecule has 1 aliphatic heterocycles. The molecule has 1 aromatic heterocycles. The molecule has 0 aliphatic carbocycles. The van der Waals surface area contributed by atoms with Crippen LogP contribution in [0.15, 0.2) is 30.5 Å². The highest BCUT2D eigenvalue weighted by Crippen LogP contribution is 2.19. The van der Waals surface area contributed by atoms with Crippen molar-refractivity contribution in [2.75, 3.05) is 13.1 Å². The monoisotopic (exact) mass is 542 g/mol. The van der Waals surface area contributed by atoms with Crippen molar-refractivity contribution in [3.05, 3.63) is 36.0 Å². The van der Waals surface area contributed by atoms with Gasteiger partial charge in [0.25, 0.3) is 0 Å². The summed E-state index contributed by atoms with van der Waals surface area (Å²) in [5.41, 5.74) is 7.27. The molecule has 11 nitrogen and oxygen atoms in total. The van der Waals surface area contributed by atoms with Crippen LogP contribution in [0.25, 0.3) is 10.9 Å². The van der Waals surface area contributed by atoms with E-state index in [0.717, 1.165) is 29.4 Å². The fourth-order valence-electron chi connectivity index (χ4n) is 4.91. The molecule has 1 fully saturated rings. The van der Waals surface area contributed by atoms with Crippen LogP contribution in [0.1, 0.15) is 57.9 Å². The zero-order chi connectivity index (χ0) is 28.4. The van der Waals surface area contributed by atoms with Gasteiger partial charge in [0.1, 0.15) is 18.1 Å². The number of fused-ring (bicyclic) bond motifs is 1. The second kappa shape index (κ2) is 14.6. The molecule has 1 saturated heterocycles. The van der Waals surface area contributed by atoms with Gasteiger partial charge in [-0.25, -0.2) is 4.79 Å². The van der Waals surface area contributed by atoms with Gasteiger partial charge in [0, 0.05) is 23.5 Å². The maximum atomic E-state index is 13.3. The molecule has 4 unspecified atom stereocenters. The SMILES string of the molecule is CC(C)CC(NC(=O)C1CCCN1)C(=O)NC(CCCCN)C(=O)NC(Cc1c[nH]c2ccccc12)C(=O)O. The molecule has 0 saturated carbocycles. The number of rotatable bonds is 15. The molecule has 2 heterocycles. The Labute approximate surface area is 229 Å². The second-order valence-corrected chi connectivity index (χ2v) is 10.6. The number of hydrogen-bond acceptors (Lipinski definition) is 6. The Hall–Kier alpha value is -3.44. The van der Waals surface area contributed by atoms with E-state index in [4.69, 9.17) is 5.73 Å². The summed E-state index contributed by atoms with van der Waals surface area (Å²) in [6.07, 6.45) is 5.34. The van der Waals surface area contributed by atoms with Crippen molar-refractivity contribution >= 4 is 34.6 Å². The van der Waals surface area contributed by atoms with Crippen molar-refractivity contribution in [2.45, 2.75) is 83.0 Å². The molecule has 3 amide bonds. The molecule has 8 N–H and O–H groups in total. The van der Waals surface area contributed by atoms with Gasteiger partial charge in [0.2, 0.25) is 17.7 Å². The normalized spacial score (nSPS) is 17.5. The molecule has 4 atom stereocenters. The molecule has 11 heteroatoms. The van der Waals surface area contributed by atoms with E-state index in [1.165, 1.54) is 0 Å². The topological polar surface area (TPSA) is 178 Å². The number of nitrogens with one attached hydrogen (secondary N) is 5. The maximum Gasteiger partial charge on any atom is 0.326 e. The third-order valence-electron chi connectivity index (χ3n) is 7.01. The predicted octanol–water partition coefficient (Wildman–Crippen LogP) is 1.18. The Bertz CT molecular complexity index is 1130. The van der Waals surface area contributed by atoms with Crippen LogP contribution in [0.3, 0.4) is 0 Å². The number of aromatic nitrogens is 1. The van der Waals surface area contributed by atoms with E-state index in [2.05, 4.69) is 26.3 Å². The number of nitrogens with two attached hydrogens (primary N) is 1. The van der Waals surface area contributed by atoms with Crippen molar-refractivity contribution in [2.24, 2.45) is 11.7 Å². The van der Waals surface area contributed by atoms with Gasteiger partial charge < -0.3 is 37.1 Å². The lowest BCUT2D eigenvalue weighted by Crippen LogP contribution is -2.57. The van der Waals surface area contributed by atoms with E-state index >= 15 is 0 Å². The number of benzene rings is 1. The van der Waals surface area contributed by atoms with E-state index in [1.54, 1.807) is 6.20 Å². The quantitative estimate of drug-likeness (QED) is 0.165. The first-order valence-corrected chi connectivity index (χ1v) is 13.8. The molecular formula is C28H42N6O5. The molecule has 2 aromatic rings. The lowest BCUT2D eigenvalue weighted by atomic mass is 10.0. The minimum atomic E-state index is -1.19. The molecule has 1 aliphatic rings. The molecule has 0 spiro atoms. The summed E-state index contributed by atoms with van der Waals surface area (Å²) in [4.78, 5) is 54.6. The Morgan fingerprint density at radius 1 is 1.03 bits per heavy atom. The van der Waals surface area contributed by atoms with E-state index < -0.39 is 35.9 Å². The molecule has 39 heavy (non-hydrogen) atoms. The Balaban J connectivity index is 1.71. The van der Waals surface area contributed by atoms with Crippen LogP contribution >= 0.6 is 0 Å². The minimum absolute atomic E-state index is 0.0783. The molecule has 214 valence electrons. The largest absolute Gasteiger partial charge is 0.480 e. The molecule has 1 aromatic carbocycles. The van der Waals surface area contributed by atoms with Gasteiger partial charge in [-0.1, -0.05) is 32.0 Å². The van der Waals surface area contributed by atoms with Gasteiger partial charge in [-0.15, -0.1) is 0 Å². The average molecular weight is 543 g/mol. The summed E-state index contributed by atoms with van der Waals surface area (Å²) in [6.45, 7) is 5.09. The Kier molecular flexibility index (Phi) is 11.3. The predicted molar refractivity (Wildman–Crippen MR) is 149 cm³/mol. The van der Waals surface area contributed by atoms with Gasteiger partial charge in [-0.05, 0) is 69.2 Å². The van der Waals surface area contributed by atoms with E-state index in [9.17, 15) is 24.3 Å². The van der Waals surface area contributed by atoms with Crippen molar-refractivity contribution in [3.8, 4) is 0 Å². The van der Waals surface area contributed by atoms with E-state index in [0.29, 0.717) is 38.6 Å². The van der Waals surface area contributed by atoms with Crippen molar-refractivity contribution < 1.29 is 24.3 Å². The summed E-state index contributed by atoms with van der Waals surface area (Å²) >= 11 is 0. The highest BCUT2D eigenvalue weighted by molar-refractivity contribution is 5.94. The number of amides is 3. The highest BCUT2D eigenvalue weighted by Gasteiger charge is 2.32. The number of aromatic amines is 1. The number of para-hydroxylation sites is 1. The fourth-order valence-corrected chi connectivity index (χ4v) is 4.91. The number of carboxylic acids is 1. The standard InChI is InChI=1S/C28H42N6O5/c1-17(2)14-23(33-25(35)21-11-7-13-30-21)27(37)32-22(10-5-6-12-29)26(36)34-24(28(38)39)15-18-16-31-20-9-4-3-8-19(18)20/h3-4,8-9,16-17,21-24,30-31H,5-7,10-15,29H2,1-2H3,(H,32,37)(H,33,35)(H,34,36)(H,38,39). The van der Waals surface area contributed by atoms with Crippen LogP contribution < -0.4 is 27.0 Å². The van der Waals surface area contributed by atoms with Gasteiger partial charge in [0.05, 0.1) is 6.04 Å². The van der Waals surface area contributed by atoms with Crippen LogP contribution in [0.5, 0.6) is 0 Å². The number of unbranched alkanes of at least 4 members (excludes halogenated alkanes) is 1. The fraction of sp³-hybridized carbons (Fsp3) is 0.571. The van der Waals surface area contributed by atoms with E-state index in [-0.39, 0.29) is 24.3 Å². The summed E-state index contributed by atoms with van der Waals surface area (Å²) in [6, 6.07) is 4.23. The van der Waals surface area contributed by atoms with Crippen molar-refractivity contribution in [1.82, 2.24) is 26.3 Å². The van der Waals surface area contributed by atoms with Gasteiger partial charge in [0.15, 0.2) is 0 Å². The number of carbonyl (C=O) groups excluding carboxylic acids is 3. The molecule has 0 bridgehead atoms. The number of hydrogen-bond donors (Lipinski definition) is 7. The summed E-state index contributed by atoms with van der Waals surface area (Å²) in [7, 11) is 0. The Morgan fingerprint density at radius 2 is 1.74 bits per heavy atom.